The van der Waals surface area contributed by atoms with Gasteiger partial charge in [-0.3, -0.25) is 0 Å². The van der Waals surface area contributed by atoms with E-state index in [4.69, 9.17) is 0 Å². The molecule has 1 N–H and O–H groups in total. The van der Waals surface area contributed by atoms with E-state index < -0.39 is 0 Å². The van der Waals surface area contributed by atoms with Gasteiger partial charge < -0.3 is 5.32 Å². The van der Waals surface area contributed by atoms with Crippen molar-refractivity contribution in [2.24, 2.45) is 0 Å². The summed E-state index contributed by atoms with van der Waals surface area (Å²) in [5, 5.41) is 6.22. The van der Waals surface area contributed by atoms with Gasteiger partial charge in [0.05, 0.1) is 0 Å². The molecule has 0 amide bonds. The molecule has 0 fully saturated rings. The maximum atomic E-state index is 3.56. The molecular weight excluding hydrogens is 338 g/mol. The lowest BCUT2D eigenvalue weighted by atomic mass is 10.0. The maximum absolute atomic E-state index is 3.56. The highest BCUT2D eigenvalue weighted by Gasteiger charge is 2.00. The third-order valence-electron chi connectivity index (χ3n) is 4.86. The number of benzene rings is 4. The average Bonchev–Trinajstić information content (AvgIpc) is 2.77. The monoisotopic (exact) mass is 361 g/mol. The fourth-order valence-electron chi connectivity index (χ4n) is 3.34. The molecule has 0 aliphatic carbocycles. The number of nitrogens with one attached hydrogen (secondary N) is 1. The first-order valence-corrected chi connectivity index (χ1v) is 9.72. The largest absolute Gasteiger partial charge is 0.312 e. The summed E-state index contributed by atoms with van der Waals surface area (Å²) in [7, 11) is 0. The van der Waals surface area contributed by atoms with E-state index in [2.05, 4.69) is 83.9 Å². The summed E-state index contributed by atoms with van der Waals surface area (Å²) < 4.78 is 0. The molecule has 1 heteroatoms. The minimum atomic E-state index is 0.872. The SMILES string of the molecule is C(#Cc1ccc(CNCCc2cccc3ccccc23)cc1)c1ccccc1. The standard InChI is InChI=1S/C27H23N/c1-2-7-22(8-3-1)13-14-23-15-17-24(18-16-23)21-28-20-19-26-11-6-10-25-9-4-5-12-27(25)26/h1-12,15-18,28H,19-21H2. The molecule has 4 aromatic rings. The Bertz CT molecular complexity index is 1090. The molecule has 1 nitrogen and oxygen atoms in total. The molecule has 0 aliphatic rings. The van der Waals surface area contributed by atoms with Gasteiger partial charge in [-0.25, -0.2) is 0 Å². The normalized spacial score (nSPS) is 10.4. The van der Waals surface area contributed by atoms with E-state index in [1.165, 1.54) is 21.9 Å². The van der Waals surface area contributed by atoms with Crippen LogP contribution in [0.4, 0.5) is 0 Å². The van der Waals surface area contributed by atoms with Gasteiger partial charge in [-0.2, -0.15) is 0 Å². The van der Waals surface area contributed by atoms with E-state index in [1.807, 2.05) is 30.3 Å². The molecule has 0 unspecified atom stereocenters. The summed E-state index contributed by atoms with van der Waals surface area (Å²) in [4.78, 5) is 0. The molecule has 28 heavy (non-hydrogen) atoms. The zero-order valence-corrected chi connectivity index (χ0v) is 15.9. The second kappa shape index (κ2) is 9.04. The Labute approximate surface area is 167 Å². The van der Waals surface area contributed by atoms with Crippen LogP contribution in [0.3, 0.4) is 0 Å². The van der Waals surface area contributed by atoms with Crippen molar-refractivity contribution in [3.63, 3.8) is 0 Å². The van der Waals surface area contributed by atoms with Gasteiger partial charge in [0.1, 0.15) is 0 Å². The smallest absolute Gasteiger partial charge is 0.0249 e. The van der Waals surface area contributed by atoms with Gasteiger partial charge in [-0.15, -0.1) is 0 Å². The van der Waals surface area contributed by atoms with Crippen molar-refractivity contribution < 1.29 is 0 Å². The lowest BCUT2D eigenvalue weighted by Gasteiger charge is -2.08. The van der Waals surface area contributed by atoms with E-state index in [0.29, 0.717) is 0 Å². The predicted octanol–water partition coefficient (Wildman–Crippen LogP) is 5.57. The zero-order chi connectivity index (χ0) is 19.0. The van der Waals surface area contributed by atoms with Crippen LogP contribution < -0.4 is 5.32 Å². The van der Waals surface area contributed by atoms with Crippen LogP contribution in [-0.4, -0.2) is 6.54 Å². The first kappa shape index (κ1) is 18.0. The molecule has 4 aromatic carbocycles. The Morgan fingerprint density at radius 2 is 1.29 bits per heavy atom. The molecule has 0 spiro atoms. The lowest BCUT2D eigenvalue weighted by Crippen LogP contribution is -2.16. The number of fused-ring (bicyclic) bond motifs is 1. The second-order valence-corrected chi connectivity index (χ2v) is 6.88. The van der Waals surface area contributed by atoms with Crippen LogP contribution in [0.15, 0.2) is 97.1 Å². The van der Waals surface area contributed by atoms with E-state index in [-0.39, 0.29) is 0 Å². The topological polar surface area (TPSA) is 12.0 Å². The highest BCUT2D eigenvalue weighted by molar-refractivity contribution is 5.85. The molecule has 0 saturated carbocycles. The fraction of sp³-hybridized carbons (Fsp3) is 0.111. The van der Waals surface area contributed by atoms with Crippen molar-refractivity contribution in [2.45, 2.75) is 13.0 Å². The third kappa shape index (κ3) is 4.68. The highest BCUT2D eigenvalue weighted by atomic mass is 14.8. The number of hydrogen-bond acceptors (Lipinski definition) is 1. The van der Waals surface area contributed by atoms with Crippen LogP contribution >= 0.6 is 0 Å². The van der Waals surface area contributed by atoms with Gasteiger partial charge in [-0.1, -0.05) is 84.6 Å². The van der Waals surface area contributed by atoms with Gasteiger partial charge in [-0.05, 0) is 59.1 Å². The summed E-state index contributed by atoms with van der Waals surface area (Å²) in [5.74, 6) is 6.42. The minimum Gasteiger partial charge on any atom is -0.312 e. The molecule has 0 radical (unpaired) electrons. The van der Waals surface area contributed by atoms with Crippen molar-refractivity contribution in [3.8, 4) is 11.8 Å². The molecule has 0 saturated heterocycles. The Morgan fingerprint density at radius 1 is 0.607 bits per heavy atom. The summed E-state index contributed by atoms with van der Waals surface area (Å²) >= 11 is 0. The van der Waals surface area contributed by atoms with E-state index in [9.17, 15) is 0 Å². The quantitative estimate of drug-likeness (QED) is 0.362. The van der Waals surface area contributed by atoms with Crippen molar-refractivity contribution in [3.05, 3.63) is 119 Å². The van der Waals surface area contributed by atoms with Crippen molar-refractivity contribution in [2.75, 3.05) is 6.54 Å². The highest BCUT2D eigenvalue weighted by Crippen LogP contribution is 2.18. The maximum Gasteiger partial charge on any atom is 0.0249 e. The summed E-state index contributed by atoms with van der Waals surface area (Å²) in [6.45, 7) is 1.83. The molecule has 4 rings (SSSR count). The lowest BCUT2D eigenvalue weighted by molar-refractivity contribution is 0.688. The van der Waals surface area contributed by atoms with Gasteiger partial charge in [0, 0.05) is 17.7 Å². The van der Waals surface area contributed by atoms with Crippen LogP contribution in [0.1, 0.15) is 22.3 Å². The van der Waals surface area contributed by atoms with E-state index in [0.717, 1.165) is 30.6 Å². The van der Waals surface area contributed by atoms with Gasteiger partial charge in [0.2, 0.25) is 0 Å². The van der Waals surface area contributed by atoms with Crippen LogP contribution in [0.2, 0.25) is 0 Å². The Balaban J connectivity index is 1.30. The molecule has 0 aromatic heterocycles. The summed E-state index contributed by atoms with van der Waals surface area (Å²) in [6.07, 6.45) is 1.03. The second-order valence-electron chi connectivity index (χ2n) is 6.88. The first-order chi connectivity index (χ1) is 13.9. The molecule has 136 valence electrons. The summed E-state index contributed by atoms with van der Waals surface area (Å²) in [5.41, 5.74) is 4.77. The van der Waals surface area contributed by atoms with Gasteiger partial charge in [0.15, 0.2) is 0 Å². The zero-order valence-electron chi connectivity index (χ0n) is 15.9. The van der Waals surface area contributed by atoms with Crippen molar-refractivity contribution in [1.82, 2.24) is 5.32 Å². The average molecular weight is 361 g/mol. The molecule has 0 atom stereocenters. The van der Waals surface area contributed by atoms with Crippen molar-refractivity contribution >= 4 is 10.8 Å². The van der Waals surface area contributed by atoms with Crippen LogP contribution in [-0.2, 0) is 13.0 Å². The number of hydrogen-bond donors (Lipinski definition) is 1. The van der Waals surface area contributed by atoms with Crippen molar-refractivity contribution in [1.29, 1.82) is 0 Å². The first-order valence-electron chi connectivity index (χ1n) is 9.72. The Kier molecular flexibility index (Phi) is 5.83. The van der Waals surface area contributed by atoms with Crippen LogP contribution in [0, 0.1) is 11.8 Å². The third-order valence-corrected chi connectivity index (χ3v) is 4.86. The fourth-order valence-corrected chi connectivity index (χ4v) is 3.34. The predicted molar refractivity (Wildman–Crippen MR) is 118 cm³/mol. The number of rotatable bonds is 5. The molecule has 0 bridgehead atoms. The summed E-state index contributed by atoms with van der Waals surface area (Å²) in [6, 6.07) is 33.7. The van der Waals surface area contributed by atoms with Gasteiger partial charge >= 0.3 is 0 Å². The Morgan fingerprint density at radius 3 is 2.11 bits per heavy atom. The minimum absolute atomic E-state index is 0.872. The molecule has 0 heterocycles. The molecule has 0 aliphatic heterocycles. The van der Waals surface area contributed by atoms with Gasteiger partial charge in [0.25, 0.3) is 0 Å². The van der Waals surface area contributed by atoms with E-state index in [1.54, 1.807) is 0 Å². The molecular formula is C27H23N. The van der Waals surface area contributed by atoms with E-state index >= 15 is 0 Å². The Hall–Kier alpha value is -3.34. The van der Waals surface area contributed by atoms with Crippen LogP contribution in [0.5, 0.6) is 0 Å². The van der Waals surface area contributed by atoms with Crippen LogP contribution in [0.25, 0.3) is 10.8 Å².